The quantitative estimate of drug-likeness (QED) is 0.818. The van der Waals surface area contributed by atoms with Crippen LogP contribution in [-0.4, -0.2) is 36.6 Å². The van der Waals surface area contributed by atoms with Crippen LogP contribution >= 0.6 is 11.6 Å². The molecule has 1 unspecified atom stereocenters. The summed E-state index contributed by atoms with van der Waals surface area (Å²) in [6.45, 7) is 13.3. The van der Waals surface area contributed by atoms with Gasteiger partial charge in [-0.15, -0.1) is 0 Å². The summed E-state index contributed by atoms with van der Waals surface area (Å²) in [7, 11) is 0. The van der Waals surface area contributed by atoms with E-state index in [1.165, 1.54) is 6.42 Å². The van der Waals surface area contributed by atoms with Crippen LogP contribution in [0.5, 0.6) is 0 Å². The van der Waals surface area contributed by atoms with Crippen molar-refractivity contribution in [2.45, 2.75) is 39.7 Å². The topological polar surface area (TPSA) is 15.3 Å². The van der Waals surface area contributed by atoms with Crippen molar-refractivity contribution in [2.24, 2.45) is 5.92 Å². The lowest BCUT2D eigenvalue weighted by molar-refractivity contribution is 0.0796. The molecule has 0 spiro atoms. The summed E-state index contributed by atoms with van der Waals surface area (Å²) in [5, 5.41) is 4.31. The van der Waals surface area contributed by atoms with E-state index in [4.69, 9.17) is 11.6 Å². The van der Waals surface area contributed by atoms with Gasteiger partial charge in [0, 0.05) is 36.8 Å². The van der Waals surface area contributed by atoms with Crippen LogP contribution in [-0.2, 0) is 0 Å². The van der Waals surface area contributed by atoms with Gasteiger partial charge in [-0.05, 0) is 19.8 Å². The third-order valence-corrected chi connectivity index (χ3v) is 4.01. The lowest BCUT2D eigenvalue weighted by Gasteiger charge is -2.45. The highest BCUT2D eigenvalue weighted by atomic mass is 35.5. The molecule has 0 radical (unpaired) electrons. The van der Waals surface area contributed by atoms with E-state index in [2.05, 4.69) is 37.1 Å². The lowest BCUT2D eigenvalue weighted by atomic mass is 9.82. The zero-order chi connectivity index (χ0) is 12.2. The van der Waals surface area contributed by atoms with E-state index in [9.17, 15) is 0 Å². The summed E-state index contributed by atoms with van der Waals surface area (Å²) in [5.41, 5.74) is 0.0999. The average Bonchev–Trinajstić information content (AvgIpc) is 2.28. The zero-order valence-corrected chi connectivity index (χ0v) is 11.8. The fraction of sp³-hybridized carbons (Fsp3) is 0.846. The molecule has 1 heterocycles. The molecule has 0 aromatic heterocycles. The highest BCUT2D eigenvalue weighted by molar-refractivity contribution is 6.29. The van der Waals surface area contributed by atoms with Crippen LogP contribution in [0.2, 0.25) is 0 Å². The number of piperazine rings is 1. The molecule has 1 rings (SSSR count). The maximum absolute atomic E-state index is 6.10. The third kappa shape index (κ3) is 3.22. The first-order valence-corrected chi connectivity index (χ1v) is 6.69. The first kappa shape index (κ1) is 14.0. The Bertz CT molecular complexity index is 242. The predicted octanol–water partition coefficient (Wildman–Crippen LogP) is 2.84. The van der Waals surface area contributed by atoms with E-state index in [0.29, 0.717) is 5.92 Å². The molecule has 1 saturated heterocycles. The minimum Gasteiger partial charge on any atom is -0.314 e. The van der Waals surface area contributed by atoms with Crippen LogP contribution in [0.1, 0.15) is 34.1 Å². The Morgan fingerprint density at radius 3 is 2.50 bits per heavy atom. The van der Waals surface area contributed by atoms with Crippen LogP contribution in [0.15, 0.2) is 11.1 Å². The van der Waals surface area contributed by atoms with Gasteiger partial charge in [-0.2, -0.15) is 0 Å². The molecular weight excluding hydrogens is 220 g/mol. The molecule has 1 aliphatic heterocycles. The molecule has 2 atom stereocenters. The van der Waals surface area contributed by atoms with Crippen molar-refractivity contribution in [3.8, 4) is 0 Å². The number of rotatable bonds is 4. The monoisotopic (exact) mass is 244 g/mol. The van der Waals surface area contributed by atoms with Crippen molar-refractivity contribution >= 4 is 11.6 Å². The smallest absolute Gasteiger partial charge is 0.0403 e. The SMILES string of the molecule is CC[C@@H](C)C(C)(/C=C(\C)Cl)N1CCNCC1. The molecule has 1 N–H and O–H groups in total. The molecule has 0 bridgehead atoms. The Morgan fingerprint density at radius 1 is 1.50 bits per heavy atom. The van der Waals surface area contributed by atoms with Gasteiger partial charge in [0.25, 0.3) is 0 Å². The Kier molecular flexibility index (Phi) is 5.29. The molecule has 0 aromatic rings. The molecule has 94 valence electrons. The number of hydrogen-bond donors (Lipinski definition) is 1. The average molecular weight is 245 g/mol. The molecule has 2 nitrogen and oxygen atoms in total. The van der Waals surface area contributed by atoms with Crippen LogP contribution < -0.4 is 5.32 Å². The summed E-state index contributed by atoms with van der Waals surface area (Å²) in [5.74, 6) is 0.624. The number of allylic oxidation sites excluding steroid dienone is 1. The van der Waals surface area contributed by atoms with Crippen LogP contribution in [0.4, 0.5) is 0 Å². The summed E-state index contributed by atoms with van der Waals surface area (Å²) < 4.78 is 0. The minimum absolute atomic E-state index is 0.0999. The summed E-state index contributed by atoms with van der Waals surface area (Å²) in [6, 6.07) is 0. The van der Waals surface area contributed by atoms with E-state index in [0.717, 1.165) is 31.2 Å². The van der Waals surface area contributed by atoms with Gasteiger partial charge >= 0.3 is 0 Å². The maximum Gasteiger partial charge on any atom is 0.0403 e. The second-order valence-corrected chi connectivity index (χ2v) is 5.60. The van der Waals surface area contributed by atoms with Gasteiger partial charge in [0.05, 0.1) is 0 Å². The molecule has 0 aliphatic carbocycles. The number of nitrogens with one attached hydrogen (secondary N) is 1. The van der Waals surface area contributed by atoms with Gasteiger partial charge in [0.1, 0.15) is 0 Å². The standard InChI is InChI=1S/C13H25ClN2/c1-5-11(2)13(4,10-12(3)14)16-8-6-15-7-9-16/h10-11,15H,5-9H2,1-4H3/b12-10+/t11-,13?/m1/s1. The largest absolute Gasteiger partial charge is 0.314 e. The number of nitrogens with zero attached hydrogens (tertiary/aromatic N) is 1. The highest BCUT2D eigenvalue weighted by Gasteiger charge is 2.34. The zero-order valence-electron chi connectivity index (χ0n) is 11.0. The Morgan fingerprint density at radius 2 is 2.06 bits per heavy atom. The Hall–Kier alpha value is -0.0500. The van der Waals surface area contributed by atoms with Crippen molar-refractivity contribution < 1.29 is 0 Å². The summed E-state index contributed by atoms with van der Waals surface area (Å²) >= 11 is 6.10. The predicted molar refractivity (Wildman–Crippen MR) is 71.9 cm³/mol. The van der Waals surface area contributed by atoms with Gasteiger partial charge in [-0.25, -0.2) is 0 Å². The van der Waals surface area contributed by atoms with Crippen LogP contribution in [0.25, 0.3) is 0 Å². The van der Waals surface area contributed by atoms with E-state index in [-0.39, 0.29) is 5.54 Å². The molecule has 0 saturated carbocycles. The van der Waals surface area contributed by atoms with Gasteiger partial charge in [-0.1, -0.05) is 37.9 Å². The Labute approximate surface area is 105 Å². The van der Waals surface area contributed by atoms with Crippen molar-refractivity contribution in [3.05, 3.63) is 11.1 Å². The van der Waals surface area contributed by atoms with Crippen LogP contribution in [0.3, 0.4) is 0 Å². The second-order valence-electron chi connectivity index (χ2n) is 5.00. The third-order valence-electron chi connectivity index (χ3n) is 3.90. The molecule has 3 heteroatoms. The lowest BCUT2D eigenvalue weighted by Crippen LogP contribution is -2.56. The fourth-order valence-corrected chi connectivity index (χ4v) is 2.73. The van der Waals surface area contributed by atoms with Crippen molar-refractivity contribution in [1.29, 1.82) is 0 Å². The number of halogens is 1. The summed E-state index contributed by atoms with van der Waals surface area (Å²) in [4.78, 5) is 2.56. The first-order valence-electron chi connectivity index (χ1n) is 6.31. The Balaban J connectivity index is 2.88. The molecule has 1 aliphatic rings. The molecule has 0 aromatic carbocycles. The van der Waals surface area contributed by atoms with Gasteiger partial charge in [0.2, 0.25) is 0 Å². The number of hydrogen-bond acceptors (Lipinski definition) is 2. The summed E-state index contributed by atoms with van der Waals surface area (Å²) in [6.07, 6.45) is 3.41. The van der Waals surface area contributed by atoms with Gasteiger partial charge in [0.15, 0.2) is 0 Å². The van der Waals surface area contributed by atoms with E-state index in [1.54, 1.807) is 0 Å². The van der Waals surface area contributed by atoms with Crippen molar-refractivity contribution in [3.63, 3.8) is 0 Å². The van der Waals surface area contributed by atoms with E-state index in [1.807, 2.05) is 6.92 Å². The molecule has 1 fully saturated rings. The van der Waals surface area contributed by atoms with Gasteiger partial charge in [-0.3, -0.25) is 4.90 Å². The van der Waals surface area contributed by atoms with E-state index < -0.39 is 0 Å². The molecule has 0 amide bonds. The van der Waals surface area contributed by atoms with Crippen molar-refractivity contribution in [1.82, 2.24) is 10.2 Å². The minimum atomic E-state index is 0.0999. The molecule has 16 heavy (non-hydrogen) atoms. The van der Waals surface area contributed by atoms with Crippen molar-refractivity contribution in [2.75, 3.05) is 26.2 Å². The van der Waals surface area contributed by atoms with Crippen LogP contribution in [0, 0.1) is 5.92 Å². The second kappa shape index (κ2) is 6.04. The fourth-order valence-electron chi connectivity index (χ4n) is 2.51. The maximum atomic E-state index is 6.10. The first-order chi connectivity index (χ1) is 7.50. The normalized spacial score (nSPS) is 25.2. The molecular formula is C13H25ClN2. The highest BCUT2D eigenvalue weighted by Crippen LogP contribution is 2.30. The van der Waals surface area contributed by atoms with Gasteiger partial charge < -0.3 is 5.32 Å². The van der Waals surface area contributed by atoms with E-state index >= 15 is 0 Å².